The van der Waals surface area contributed by atoms with Gasteiger partial charge in [-0.25, -0.2) is 0 Å². The van der Waals surface area contributed by atoms with Crippen molar-refractivity contribution in [1.82, 2.24) is 20.0 Å². The average Bonchev–Trinajstić information content (AvgIpc) is 3.03. The third-order valence-electron chi connectivity index (χ3n) is 4.31. The highest BCUT2D eigenvalue weighted by atomic mass is 16.5. The lowest BCUT2D eigenvalue weighted by molar-refractivity contribution is -0.0449. The smallest absolute Gasteiger partial charge is 0.254 e. The Morgan fingerprint density at radius 2 is 2.21 bits per heavy atom. The van der Waals surface area contributed by atoms with Crippen LogP contribution in [0.1, 0.15) is 22.8 Å². The fraction of sp³-hybridized carbons (Fsp3) is 0.444. The van der Waals surface area contributed by atoms with E-state index < -0.39 is 0 Å². The molecule has 1 aliphatic heterocycles. The Balaban J connectivity index is 1.54. The van der Waals surface area contributed by atoms with Gasteiger partial charge in [0.05, 0.1) is 30.5 Å². The minimum Gasteiger partial charge on any atom is -0.373 e. The van der Waals surface area contributed by atoms with Crippen LogP contribution in [0.4, 0.5) is 0 Å². The maximum absolute atomic E-state index is 12.3. The lowest BCUT2D eigenvalue weighted by Crippen LogP contribution is -2.52. The van der Waals surface area contributed by atoms with E-state index in [1.54, 1.807) is 24.1 Å². The Kier molecular flexibility index (Phi) is 5.27. The quantitative estimate of drug-likeness (QED) is 0.902. The summed E-state index contributed by atoms with van der Waals surface area (Å²) >= 11 is 0. The molecule has 2 atom stereocenters. The molecule has 1 saturated heterocycles. The van der Waals surface area contributed by atoms with E-state index in [9.17, 15) is 4.79 Å². The van der Waals surface area contributed by atoms with E-state index in [0.29, 0.717) is 12.2 Å². The first-order chi connectivity index (χ1) is 11.6. The molecule has 0 unspecified atom stereocenters. The fourth-order valence-corrected chi connectivity index (χ4v) is 2.94. The standard InChI is InChI=1S/C18H24N4O2/c1-14(20-18(23)16-10-19-21(2)12-16)17-13-22(8-9-24-17)11-15-6-4-3-5-7-15/h3-7,10,12,14,17H,8-9,11,13H2,1-2H3,(H,20,23)/t14-,17-/m0/s1. The van der Waals surface area contributed by atoms with Crippen LogP contribution in [0, 0.1) is 0 Å². The van der Waals surface area contributed by atoms with E-state index in [1.807, 2.05) is 13.0 Å². The monoisotopic (exact) mass is 328 g/mol. The Hall–Kier alpha value is -2.18. The summed E-state index contributed by atoms with van der Waals surface area (Å²) in [6.07, 6.45) is 3.28. The zero-order valence-corrected chi connectivity index (χ0v) is 14.2. The summed E-state index contributed by atoms with van der Waals surface area (Å²) in [7, 11) is 1.80. The van der Waals surface area contributed by atoms with Gasteiger partial charge < -0.3 is 10.1 Å². The number of hydrogen-bond acceptors (Lipinski definition) is 4. The van der Waals surface area contributed by atoms with Gasteiger partial charge in [0, 0.05) is 32.9 Å². The van der Waals surface area contributed by atoms with Gasteiger partial charge in [0.15, 0.2) is 0 Å². The van der Waals surface area contributed by atoms with Gasteiger partial charge in [-0.05, 0) is 12.5 Å². The summed E-state index contributed by atoms with van der Waals surface area (Å²) < 4.78 is 7.50. The normalized spacial score (nSPS) is 19.8. The summed E-state index contributed by atoms with van der Waals surface area (Å²) in [6, 6.07) is 10.4. The van der Waals surface area contributed by atoms with Gasteiger partial charge in [0.1, 0.15) is 0 Å². The first-order valence-corrected chi connectivity index (χ1v) is 8.29. The first kappa shape index (κ1) is 16.7. The van der Waals surface area contributed by atoms with Gasteiger partial charge in [-0.3, -0.25) is 14.4 Å². The van der Waals surface area contributed by atoms with Crippen LogP contribution in [0.15, 0.2) is 42.7 Å². The van der Waals surface area contributed by atoms with Gasteiger partial charge in [-0.2, -0.15) is 5.10 Å². The highest BCUT2D eigenvalue weighted by molar-refractivity contribution is 5.93. The number of benzene rings is 1. The number of amides is 1. The molecule has 1 aliphatic rings. The predicted molar refractivity (Wildman–Crippen MR) is 91.6 cm³/mol. The number of nitrogens with one attached hydrogen (secondary N) is 1. The van der Waals surface area contributed by atoms with Crippen LogP contribution < -0.4 is 5.32 Å². The van der Waals surface area contributed by atoms with Crippen LogP contribution in [0.25, 0.3) is 0 Å². The van der Waals surface area contributed by atoms with E-state index in [-0.39, 0.29) is 18.1 Å². The largest absolute Gasteiger partial charge is 0.373 e. The third-order valence-corrected chi connectivity index (χ3v) is 4.31. The molecule has 2 heterocycles. The van der Waals surface area contributed by atoms with Crippen LogP contribution in [-0.2, 0) is 18.3 Å². The molecular weight excluding hydrogens is 304 g/mol. The van der Waals surface area contributed by atoms with Crippen LogP contribution in [0.3, 0.4) is 0 Å². The van der Waals surface area contributed by atoms with E-state index in [1.165, 1.54) is 5.56 Å². The maximum atomic E-state index is 12.3. The van der Waals surface area contributed by atoms with Gasteiger partial charge in [0.2, 0.25) is 0 Å². The van der Waals surface area contributed by atoms with Crippen LogP contribution in [0.2, 0.25) is 0 Å². The average molecular weight is 328 g/mol. The Labute approximate surface area is 142 Å². The number of ether oxygens (including phenoxy) is 1. The summed E-state index contributed by atoms with van der Waals surface area (Å²) in [5.41, 5.74) is 1.87. The fourth-order valence-electron chi connectivity index (χ4n) is 2.94. The van der Waals surface area contributed by atoms with E-state index in [4.69, 9.17) is 4.74 Å². The van der Waals surface area contributed by atoms with Crippen molar-refractivity contribution >= 4 is 5.91 Å². The highest BCUT2D eigenvalue weighted by Gasteiger charge is 2.27. The Bertz CT molecular complexity index is 671. The number of hydrogen-bond donors (Lipinski definition) is 1. The van der Waals surface area contributed by atoms with Crippen LogP contribution >= 0.6 is 0 Å². The topological polar surface area (TPSA) is 59.4 Å². The summed E-state index contributed by atoms with van der Waals surface area (Å²) in [5, 5.41) is 7.05. The molecular formula is C18H24N4O2. The van der Waals surface area contributed by atoms with Gasteiger partial charge >= 0.3 is 0 Å². The summed E-state index contributed by atoms with van der Waals surface area (Å²) in [6.45, 7) is 5.30. The molecule has 1 aromatic carbocycles. The van der Waals surface area contributed by atoms with Gasteiger partial charge in [-0.15, -0.1) is 0 Å². The minimum atomic E-state index is -0.112. The van der Waals surface area contributed by atoms with Crippen molar-refractivity contribution in [1.29, 1.82) is 0 Å². The van der Waals surface area contributed by atoms with E-state index in [0.717, 1.165) is 19.6 Å². The van der Waals surface area contributed by atoms with Crippen molar-refractivity contribution in [2.75, 3.05) is 19.7 Å². The molecule has 1 aromatic heterocycles. The molecule has 0 aliphatic carbocycles. The second-order valence-corrected chi connectivity index (χ2v) is 6.29. The number of aryl methyl sites for hydroxylation is 1. The molecule has 0 bridgehead atoms. The molecule has 1 N–H and O–H groups in total. The zero-order chi connectivity index (χ0) is 16.9. The predicted octanol–water partition coefficient (Wildman–Crippen LogP) is 1.44. The first-order valence-electron chi connectivity index (χ1n) is 8.29. The maximum Gasteiger partial charge on any atom is 0.254 e. The minimum absolute atomic E-state index is 0.0110. The molecule has 128 valence electrons. The third kappa shape index (κ3) is 4.21. The lowest BCUT2D eigenvalue weighted by Gasteiger charge is -2.36. The molecule has 0 saturated carbocycles. The SMILES string of the molecule is C[C@H](NC(=O)c1cnn(C)c1)[C@@H]1CN(Cc2ccccc2)CCO1. The summed E-state index contributed by atoms with van der Waals surface area (Å²) in [5.74, 6) is -0.112. The molecule has 1 amide bonds. The molecule has 6 heteroatoms. The lowest BCUT2D eigenvalue weighted by atomic mass is 10.1. The number of nitrogens with zero attached hydrogens (tertiary/aromatic N) is 3. The van der Waals surface area contributed by atoms with Gasteiger partial charge in [0.25, 0.3) is 5.91 Å². The number of morpholine rings is 1. The second-order valence-electron chi connectivity index (χ2n) is 6.29. The Morgan fingerprint density at radius 1 is 1.42 bits per heavy atom. The van der Waals surface area contributed by atoms with E-state index >= 15 is 0 Å². The number of carbonyl (C=O) groups is 1. The molecule has 2 aromatic rings. The zero-order valence-electron chi connectivity index (χ0n) is 14.2. The number of rotatable bonds is 5. The molecule has 6 nitrogen and oxygen atoms in total. The van der Waals surface area contributed by atoms with Crippen molar-refractivity contribution in [3.63, 3.8) is 0 Å². The molecule has 0 spiro atoms. The van der Waals surface area contributed by atoms with Gasteiger partial charge in [-0.1, -0.05) is 30.3 Å². The molecule has 3 rings (SSSR count). The van der Waals surface area contributed by atoms with Crippen molar-refractivity contribution in [2.24, 2.45) is 7.05 Å². The van der Waals surface area contributed by atoms with E-state index in [2.05, 4.69) is 39.6 Å². The Morgan fingerprint density at radius 3 is 2.92 bits per heavy atom. The number of aromatic nitrogens is 2. The van der Waals surface area contributed by atoms with Crippen molar-refractivity contribution in [3.05, 3.63) is 53.9 Å². The summed E-state index contributed by atoms with van der Waals surface area (Å²) in [4.78, 5) is 14.6. The second kappa shape index (κ2) is 7.59. The molecule has 0 radical (unpaired) electrons. The van der Waals surface area contributed by atoms with Crippen LogP contribution in [-0.4, -0.2) is 52.4 Å². The molecule has 1 fully saturated rings. The van der Waals surface area contributed by atoms with Crippen molar-refractivity contribution in [2.45, 2.75) is 25.6 Å². The van der Waals surface area contributed by atoms with Crippen molar-refractivity contribution in [3.8, 4) is 0 Å². The van der Waals surface area contributed by atoms with Crippen LogP contribution in [0.5, 0.6) is 0 Å². The van der Waals surface area contributed by atoms with Crippen molar-refractivity contribution < 1.29 is 9.53 Å². The highest BCUT2D eigenvalue weighted by Crippen LogP contribution is 2.13. The number of carbonyl (C=O) groups excluding carboxylic acids is 1. The molecule has 24 heavy (non-hydrogen) atoms.